The second kappa shape index (κ2) is 6.68. The van der Waals surface area contributed by atoms with Crippen LogP contribution in [0.4, 0.5) is 5.69 Å². The maximum Gasteiger partial charge on any atom is 0.272 e. The molecule has 0 unspecified atom stereocenters. The van der Waals surface area contributed by atoms with Crippen molar-refractivity contribution in [3.63, 3.8) is 0 Å². The van der Waals surface area contributed by atoms with Gasteiger partial charge in [-0.3, -0.25) is 14.9 Å². The molecule has 0 aliphatic heterocycles. The molecule has 2 aromatic rings. The molecule has 0 radical (unpaired) electrons. The van der Waals surface area contributed by atoms with Gasteiger partial charge in [0.1, 0.15) is 0 Å². The number of nitro groups is 1. The van der Waals surface area contributed by atoms with E-state index in [4.69, 9.17) is 11.6 Å². The fraction of sp³-hybridized carbons (Fsp3) is 0. The average Bonchev–Trinajstić information content (AvgIpc) is 2.49. The summed E-state index contributed by atoms with van der Waals surface area (Å²) in [5.41, 5.74) is 2.26. The molecule has 2 aromatic carbocycles. The van der Waals surface area contributed by atoms with Crippen LogP contribution in [-0.4, -0.2) is 17.0 Å². The SMILES string of the molecule is O=C(NN=Cc1ccc([O-])c([N+](=O)[O-])c1)c1ccccc1Cl. The standard InChI is InChI=1S/C14H10ClN3O4/c15-11-4-2-1-3-10(11)14(20)17-16-8-9-5-6-13(19)12(7-9)18(21)22/h1-8,19H,(H,17,20)/p-1. The highest BCUT2D eigenvalue weighted by Crippen LogP contribution is 2.22. The van der Waals surface area contributed by atoms with E-state index in [2.05, 4.69) is 10.5 Å². The first kappa shape index (κ1) is 15.5. The summed E-state index contributed by atoms with van der Waals surface area (Å²) in [6, 6.07) is 9.94. The zero-order valence-electron chi connectivity index (χ0n) is 11.0. The molecule has 0 atom stereocenters. The van der Waals surface area contributed by atoms with Gasteiger partial charge in [-0.1, -0.05) is 35.9 Å². The Labute approximate surface area is 130 Å². The molecule has 8 heteroatoms. The Hall–Kier alpha value is -2.93. The van der Waals surface area contributed by atoms with Crippen LogP contribution >= 0.6 is 11.6 Å². The van der Waals surface area contributed by atoms with Gasteiger partial charge in [0.2, 0.25) is 0 Å². The van der Waals surface area contributed by atoms with Crippen LogP contribution in [-0.2, 0) is 0 Å². The minimum Gasteiger partial charge on any atom is -0.868 e. The van der Waals surface area contributed by atoms with Crippen molar-refractivity contribution in [1.82, 2.24) is 5.43 Å². The van der Waals surface area contributed by atoms with Crippen LogP contribution in [0.2, 0.25) is 5.02 Å². The zero-order valence-corrected chi connectivity index (χ0v) is 11.8. The second-order valence-corrected chi connectivity index (χ2v) is 4.57. The number of nitro benzene ring substituents is 1. The van der Waals surface area contributed by atoms with Crippen molar-refractivity contribution in [2.24, 2.45) is 5.10 Å². The van der Waals surface area contributed by atoms with Gasteiger partial charge in [0.05, 0.1) is 21.7 Å². The van der Waals surface area contributed by atoms with E-state index in [1.165, 1.54) is 18.3 Å². The Morgan fingerprint density at radius 3 is 2.68 bits per heavy atom. The fourth-order valence-corrected chi connectivity index (χ4v) is 1.85. The van der Waals surface area contributed by atoms with Crippen molar-refractivity contribution in [1.29, 1.82) is 0 Å². The number of amides is 1. The molecule has 0 spiro atoms. The van der Waals surface area contributed by atoms with Gasteiger partial charge in [-0.05, 0) is 17.9 Å². The maximum absolute atomic E-state index is 11.8. The summed E-state index contributed by atoms with van der Waals surface area (Å²) in [6.07, 6.45) is 1.20. The summed E-state index contributed by atoms with van der Waals surface area (Å²) < 4.78 is 0. The molecule has 2 rings (SSSR count). The molecule has 1 amide bonds. The molecule has 7 nitrogen and oxygen atoms in total. The van der Waals surface area contributed by atoms with E-state index in [0.29, 0.717) is 5.56 Å². The third kappa shape index (κ3) is 3.58. The van der Waals surface area contributed by atoms with Crippen LogP contribution in [0.25, 0.3) is 0 Å². The first-order valence-corrected chi connectivity index (χ1v) is 6.40. The molecule has 0 aliphatic carbocycles. The lowest BCUT2D eigenvalue weighted by Gasteiger charge is -2.06. The molecule has 0 aliphatic rings. The third-order valence-corrected chi connectivity index (χ3v) is 3.01. The van der Waals surface area contributed by atoms with E-state index in [1.807, 2.05) is 0 Å². The Morgan fingerprint density at radius 1 is 1.27 bits per heavy atom. The fourth-order valence-electron chi connectivity index (χ4n) is 1.63. The van der Waals surface area contributed by atoms with Crippen molar-refractivity contribution in [2.75, 3.05) is 0 Å². The molecule has 0 heterocycles. The second-order valence-electron chi connectivity index (χ2n) is 4.16. The number of hydrogen-bond acceptors (Lipinski definition) is 5. The monoisotopic (exact) mass is 318 g/mol. The first-order valence-electron chi connectivity index (χ1n) is 6.02. The molecule has 22 heavy (non-hydrogen) atoms. The summed E-state index contributed by atoms with van der Waals surface area (Å²) in [5.74, 6) is -1.21. The Bertz CT molecular complexity index is 762. The van der Waals surface area contributed by atoms with Crippen molar-refractivity contribution in [2.45, 2.75) is 0 Å². The van der Waals surface area contributed by atoms with Crippen molar-refractivity contribution >= 4 is 29.4 Å². The van der Waals surface area contributed by atoms with E-state index >= 15 is 0 Å². The van der Waals surface area contributed by atoms with E-state index in [-0.39, 0.29) is 10.6 Å². The molecular weight excluding hydrogens is 310 g/mol. The van der Waals surface area contributed by atoms with E-state index in [0.717, 1.165) is 12.1 Å². The Balaban J connectivity index is 2.10. The molecule has 1 N–H and O–H groups in total. The summed E-state index contributed by atoms with van der Waals surface area (Å²) in [7, 11) is 0. The maximum atomic E-state index is 11.8. The predicted molar refractivity (Wildman–Crippen MR) is 79.1 cm³/mol. The minimum atomic E-state index is -0.776. The Morgan fingerprint density at radius 2 is 2.00 bits per heavy atom. The highest BCUT2D eigenvalue weighted by molar-refractivity contribution is 6.33. The minimum absolute atomic E-state index is 0.252. The van der Waals surface area contributed by atoms with Gasteiger partial charge in [0.15, 0.2) is 0 Å². The summed E-state index contributed by atoms with van der Waals surface area (Å²) >= 11 is 5.87. The highest BCUT2D eigenvalue weighted by Gasteiger charge is 2.09. The summed E-state index contributed by atoms with van der Waals surface area (Å²) in [5, 5.41) is 25.9. The molecular formula is C14H9ClN3O4-. The van der Waals surface area contributed by atoms with Crippen LogP contribution in [0.15, 0.2) is 47.6 Å². The number of hydrazone groups is 1. The number of carbonyl (C=O) groups excluding carboxylic acids is 1. The van der Waals surface area contributed by atoms with Crippen LogP contribution in [0, 0.1) is 10.1 Å². The lowest BCUT2D eigenvalue weighted by Crippen LogP contribution is -2.17. The normalized spacial score (nSPS) is 10.6. The molecule has 0 saturated heterocycles. The number of halogens is 1. The molecule has 0 fully saturated rings. The topological polar surface area (TPSA) is 108 Å². The quantitative estimate of drug-likeness (QED) is 0.529. The van der Waals surface area contributed by atoms with Gasteiger partial charge in [-0.2, -0.15) is 5.10 Å². The number of hydrogen-bond donors (Lipinski definition) is 1. The molecule has 112 valence electrons. The van der Waals surface area contributed by atoms with Gasteiger partial charge in [0, 0.05) is 11.6 Å². The van der Waals surface area contributed by atoms with Gasteiger partial charge in [0.25, 0.3) is 11.6 Å². The smallest absolute Gasteiger partial charge is 0.272 e. The number of rotatable bonds is 4. The van der Waals surface area contributed by atoms with E-state index in [1.54, 1.807) is 18.2 Å². The van der Waals surface area contributed by atoms with Crippen molar-refractivity contribution in [3.8, 4) is 5.75 Å². The van der Waals surface area contributed by atoms with Crippen LogP contribution in [0.3, 0.4) is 0 Å². The van der Waals surface area contributed by atoms with Crippen LogP contribution < -0.4 is 10.5 Å². The van der Waals surface area contributed by atoms with E-state index in [9.17, 15) is 20.0 Å². The largest absolute Gasteiger partial charge is 0.868 e. The number of carbonyl (C=O) groups is 1. The van der Waals surface area contributed by atoms with Crippen LogP contribution in [0.5, 0.6) is 5.75 Å². The van der Waals surface area contributed by atoms with Crippen molar-refractivity contribution in [3.05, 3.63) is 68.7 Å². The third-order valence-electron chi connectivity index (χ3n) is 2.68. The number of nitrogens with one attached hydrogen (secondary N) is 1. The zero-order chi connectivity index (χ0) is 16.1. The molecule has 0 saturated carbocycles. The average molecular weight is 319 g/mol. The van der Waals surface area contributed by atoms with Gasteiger partial charge >= 0.3 is 0 Å². The van der Waals surface area contributed by atoms with Gasteiger partial charge in [-0.15, -0.1) is 0 Å². The highest BCUT2D eigenvalue weighted by atomic mass is 35.5. The lowest BCUT2D eigenvalue weighted by molar-refractivity contribution is -0.398. The Kier molecular flexibility index (Phi) is 4.70. The van der Waals surface area contributed by atoms with Crippen molar-refractivity contribution < 1.29 is 14.8 Å². The molecule has 0 aromatic heterocycles. The number of benzene rings is 2. The number of nitrogens with zero attached hydrogens (tertiary/aromatic N) is 2. The van der Waals surface area contributed by atoms with E-state index < -0.39 is 22.3 Å². The van der Waals surface area contributed by atoms with Gasteiger partial charge in [-0.25, -0.2) is 5.43 Å². The molecule has 0 bridgehead atoms. The lowest BCUT2D eigenvalue weighted by atomic mass is 10.2. The summed E-state index contributed by atoms with van der Waals surface area (Å²) in [6.45, 7) is 0. The first-order chi connectivity index (χ1) is 10.5. The predicted octanol–water partition coefficient (Wildman–Crippen LogP) is 2.09. The summed E-state index contributed by atoms with van der Waals surface area (Å²) in [4.78, 5) is 21.7. The van der Waals surface area contributed by atoms with Crippen LogP contribution in [0.1, 0.15) is 15.9 Å². The van der Waals surface area contributed by atoms with Gasteiger partial charge < -0.3 is 5.11 Å².